The highest BCUT2D eigenvalue weighted by Crippen LogP contribution is 2.15. The van der Waals surface area contributed by atoms with Crippen LogP contribution in [0.2, 0.25) is 0 Å². The summed E-state index contributed by atoms with van der Waals surface area (Å²) in [5.41, 5.74) is 0. The van der Waals surface area contributed by atoms with Crippen molar-refractivity contribution < 1.29 is 4.21 Å². The number of nitrogens with zero attached hydrogens (tertiary/aromatic N) is 1. The Hall–Kier alpha value is -0.260. The van der Waals surface area contributed by atoms with Gasteiger partial charge in [-0.2, -0.15) is 0 Å². The van der Waals surface area contributed by atoms with Crippen molar-refractivity contribution in [3.8, 4) is 0 Å². The molecule has 1 aliphatic heterocycles. The van der Waals surface area contributed by atoms with Crippen molar-refractivity contribution >= 4 is 22.1 Å². The second-order valence-corrected chi connectivity index (χ2v) is 5.73. The van der Waals surface area contributed by atoms with Crippen molar-refractivity contribution in [3.63, 3.8) is 0 Å². The average molecular weight is 216 g/mol. The molecule has 3 nitrogen and oxygen atoms in total. The fraction of sp³-hybridized carbons (Fsp3) is 0.625. The number of hydrogen-bond donors (Lipinski definition) is 1. The quantitative estimate of drug-likeness (QED) is 0.815. The Morgan fingerprint density at radius 3 is 3.31 bits per heavy atom. The highest BCUT2D eigenvalue weighted by atomic mass is 32.2. The summed E-state index contributed by atoms with van der Waals surface area (Å²) in [4.78, 5) is 4.06. The van der Waals surface area contributed by atoms with Crippen LogP contribution >= 0.6 is 11.3 Å². The van der Waals surface area contributed by atoms with Crippen LogP contribution in [0, 0.1) is 5.92 Å². The first kappa shape index (κ1) is 9.30. The summed E-state index contributed by atoms with van der Waals surface area (Å²) in [7, 11) is -0.875. The molecule has 2 unspecified atom stereocenters. The molecule has 0 radical (unpaired) electrons. The normalized spacial score (nSPS) is 24.8. The predicted octanol–water partition coefficient (Wildman–Crippen LogP) is 0.860. The average Bonchev–Trinajstić information content (AvgIpc) is 2.74. The summed E-state index contributed by atoms with van der Waals surface area (Å²) in [6, 6.07) is 0. The molecule has 1 aliphatic rings. The number of thiazole rings is 1. The van der Waals surface area contributed by atoms with E-state index in [2.05, 4.69) is 10.3 Å². The Morgan fingerprint density at radius 1 is 1.77 bits per heavy atom. The third-order valence-corrected chi connectivity index (χ3v) is 4.83. The van der Waals surface area contributed by atoms with E-state index in [9.17, 15) is 4.21 Å². The van der Waals surface area contributed by atoms with Gasteiger partial charge in [-0.3, -0.25) is 4.21 Å². The molecule has 0 bridgehead atoms. The first-order valence-corrected chi connectivity index (χ1v) is 6.54. The number of hydrogen-bond acceptors (Lipinski definition) is 4. The van der Waals surface area contributed by atoms with Crippen molar-refractivity contribution in [1.82, 2.24) is 10.3 Å². The van der Waals surface area contributed by atoms with Crippen molar-refractivity contribution in [3.05, 3.63) is 11.6 Å². The van der Waals surface area contributed by atoms with Crippen LogP contribution in [-0.4, -0.2) is 28.0 Å². The van der Waals surface area contributed by atoms with E-state index >= 15 is 0 Å². The lowest BCUT2D eigenvalue weighted by Gasteiger charge is -2.04. The molecule has 1 N–H and O–H groups in total. The summed E-state index contributed by atoms with van der Waals surface area (Å²) >= 11 is 1.48. The van der Waals surface area contributed by atoms with Gasteiger partial charge in [-0.05, 0) is 25.4 Å². The molecule has 0 spiro atoms. The van der Waals surface area contributed by atoms with Crippen LogP contribution in [-0.2, 0) is 10.8 Å². The summed E-state index contributed by atoms with van der Waals surface area (Å²) in [5, 5.41) is 5.15. The maximum atomic E-state index is 11.7. The Bertz CT molecular complexity index is 280. The van der Waals surface area contributed by atoms with E-state index in [0.29, 0.717) is 5.92 Å². The Kier molecular flexibility index (Phi) is 3.08. The Morgan fingerprint density at radius 2 is 2.69 bits per heavy atom. The van der Waals surface area contributed by atoms with Crippen LogP contribution in [0.15, 0.2) is 15.9 Å². The third kappa shape index (κ3) is 2.36. The van der Waals surface area contributed by atoms with Crippen LogP contribution in [0.4, 0.5) is 0 Å². The molecule has 0 amide bonds. The van der Waals surface area contributed by atoms with Crippen molar-refractivity contribution in [1.29, 1.82) is 0 Å². The molecule has 0 saturated carbocycles. The first-order chi connectivity index (χ1) is 6.36. The monoisotopic (exact) mass is 216 g/mol. The van der Waals surface area contributed by atoms with Gasteiger partial charge in [0.05, 0.1) is 10.8 Å². The third-order valence-electron chi connectivity index (χ3n) is 2.15. The highest BCUT2D eigenvalue weighted by Gasteiger charge is 2.18. The van der Waals surface area contributed by atoms with Gasteiger partial charge >= 0.3 is 0 Å². The van der Waals surface area contributed by atoms with E-state index < -0.39 is 10.8 Å². The van der Waals surface area contributed by atoms with Gasteiger partial charge < -0.3 is 5.32 Å². The zero-order valence-electron chi connectivity index (χ0n) is 7.23. The molecule has 1 aromatic rings. The topological polar surface area (TPSA) is 42.0 Å². The SMILES string of the molecule is O=S(CC1CCNC1)c1nccs1. The molecule has 0 aromatic carbocycles. The molecule has 2 rings (SSSR count). The van der Waals surface area contributed by atoms with Crippen molar-refractivity contribution in [2.45, 2.75) is 10.8 Å². The predicted molar refractivity (Wildman–Crippen MR) is 54.4 cm³/mol. The Labute approximate surface area is 84.0 Å². The second kappa shape index (κ2) is 4.30. The van der Waals surface area contributed by atoms with Crippen molar-refractivity contribution in [2.75, 3.05) is 18.8 Å². The number of nitrogens with one attached hydrogen (secondary N) is 1. The zero-order valence-corrected chi connectivity index (χ0v) is 8.87. The van der Waals surface area contributed by atoms with Gasteiger partial charge in [-0.1, -0.05) is 0 Å². The first-order valence-electron chi connectivity index (χ1n) is 4.35. The Balaban J connectivity index is 1.91. The molecule has 13 heavy (non-hydrogen) atoms. The summed E-state index contributed by atoms with van der Waals surface area (Å²) in [6.45, 7) is 2.08. The van der Waals surface area contributed by atoms with E-state index in [1.807, 2.05) is 5.38 Å². The maximum absolute atomic E-state index is 11.7. The second-order valence-electron chi connectivity index (χ2n) is 3.17. The highest BCUT2D eigenvalue weighted by molar-refractivity contribution is 7.87. The van der Waals surface area contributed by atoms with Crippen LogP contribution in [0.1, 0.15) is 6.42 Å². The molecule has 0 aliphatic carbocycles. The molecule has 1 saturated heterocycles. The number of rotatable bonds is 3. The summed E-state index contributed by atoms with van der Waals surface area (Å²) < 4.78 is 12.5. The molecular formula is C8H12N2OS2. The van der Waals surface area contributed by atoms with E-state index in [0.717, 1.165) is 29.6 Å². The van der Waals surface area contributed by atoms with E-state index in [1.165, 1.54) is 11.3 Å². The molecule has 72 valence electrons. The molecule has 1 fully saturated rings. The van der Waals surface area contributed by atoms with Crippen LogP contribution < -0.4 is 5.32 Å². The summed E-state index contributed by atoms with van der Waals surface area (Å²) in [6.07, 6.45) is 2.86. The van der Waals surface area contributed by atoms with Crippen LogP contribution in [0.5, 0.6) is 0 Å². The van der Waals surface area contributed by atoms with E-state index in [1.54, 1.807) is 6.20 Å². The fourth-order valence-corrected chi connectivity index (χ4v) is 3.66. The minimum Gasteiger partial charge on any atom is -0.316 e. The van der Waals surface area contributed by atoms with Crippen molar-refractivity contribution in [2.24, 2.45) is 5.92 Å². The van der Waals surface area contributed by atoms with Gasteiger partial charge in [-0.25, -0.2) is 4.98 Å². The largest absolute Gasteiger partial charge is 0.316 e. The summed E-state index contributed by atoms with van der Waals surface area (Å²) in [5.74, 6) is 1.34. The minimum atomic E-state index is -0.875. The standard InChI is InChI=1S/C8H12N2OS2/c11-13(8-10-3-4-12-8)6-7-1-2-9-5-7/h3-4,7,9H,1-2,5-6H2. The van der Waals surface area contributed by atoms with Crippen LogP contribution in [0.3, 0.4) is 0 Å². The lowest BCUT2D eigenvalue weighted by Crippen LogP contribution is -2.14. The van der Waals surface area contributed by atoms with E-state index in [-0.39, 0.29) is 0 Å². The molecule has 5 heteroatoms. The molecule has 2 atom stereocenters. The maximum Gasteiger partial charge on any atom is 0.180 e. The smallest absolute Gasteiger partial charge is 0.180 e. The van der Waals surface area contributed by atoms with Gasteiger partial charge in [0.25, 0.3) is 0 Å². The van der Waals surface area contributed by atoms with Crippen LogP contribution in [0.25, 0.3) is 0 Å². The molecular weight excluding hydrogens is 204 g/mol. The zero-order chi connectivity index (χ0) is 9.10. The van der Waals surface area contributed by atoms with Gasteiger partial charge in [0.1, 0.15) is 0 Å². The molecule has 2 heterocycles. The minimum absolute atomic E-state index is 0.574. The van der Waals surface area contributed by atoms with Gasteiger partial charge in [-0.15, -0.1) is 11.3 Å². The van der Waals surface area contributed by atoms with Gasteiger partial charge in [0.15, 0.2) is 4.34 Å². The fourth-order valence-electron chi connectivity index (χ4n) is 1.46. The number of aromatic nitrogens is 1. The lowest BCUT2D eigenvalue weighted by atomic mass is 10.2. The van der Waals surface area contributed by atoms with E-state index in [4.69, 9.17) is 0 Å². The van der Waals surface area contributed by atoms with Gasteiger partial charge in [0, 0.05) is 17.3 Å². The van der Waals surface area contributed by atoms with Gasteiger partial charge in [0.2, 0.25) is 0 Å². The molecule has 1 aromatic heterocycles. The lowest BCUT2D eigenvalue weighted by molar-refractivity contribution is 0.632.